The first kappa shape index (κ1) is 12.9. The first-order chi connectivity index (χ1) is 7.43. The number of nitrogens with zero attached hydrogens (tertiary/aromatic N) is 1. The lowest BCUT2D eigenvalue weighted by atomic mass is 10.1. The number of hydrogen-bond donors (Lipinski definition) is 3. The second kappa shape index (κ2) is 9.09. The first-order valence-corrected chi connectivity index (χ1v) is 6.27. The lowest BCUT2D eigenvalue weighted by Gasteiger charge is -2.26. The summed E-state index contributed by atoms with van der Waals surface area (Å²) in [5.41, 5.74) is 5.38. The van der Waals surface area contributed by atoms with Crippen LogP contribution in [-0.4, -0.2) is 57.3 Å². The van der Waals surface area contributed by atoms with E-state index in [1.165, 1.54) is 38.9 Å². The van der Waals surface area contributed by atoms with Gasteiger partial charge in [0.15, 0.2) is 0 Å². The van der Waals surface area contributed by atoms with Crippen molar-refractivity contribution in [1.82, 2.24) is 15.5 Å². The van der Waals surface area contributed by atoms with E-state index in [2.05, 4.69) is 15.5 Å². The van der Waals surface area contributed by atoms with Crippen LogP contribution in [0.4, 0.5) is 0 Å². The zero-order chi connectivity index (χ0) is 10.8. The molecule has 0 unspecified atom stereocenters. The van der Waals surface area contributed by atoms with Gasteiger partial charge in [-0.05, 0) is 25.9 Å². The predicted molar refractivity (Wildman–Crippen MR) is 65.1 cm³/mol. The minimum Gasteiger partial charge on any atom is -0.329 e. The van der Waals surface area contributed by atoms with Crippen LogP contribution >= 0.6 is 0 Å². The molecule has 0 aromatic rings. The summed E-state index contributed by atoms with van der Waals surface area (Å²) in [5, 5.41) is 6.72. The van der Waals surface area contributed by atoms with Gasteiger partial charge >= 0.3 is 0 Å². The Morgan fingerprint density at radius 2 is 1.53 bits per heavy atom. The van der Waals surface area contributed by atoms with Crippen LogP contribution in [0.3, 0.4) is 0 Å². The molecule has 1 heterocycles. The number of likely N-dealkylation sites (tertiary alicyclic amines) is 1. The van der Waals surface area contributed by atoms with E-state index in [1.807, 2.05) is 0 Å². The molecule has 1 aliphatic rings. The summed E-state index contributed by atoms with van der Waals surface area (Å²) >= 11 is 0. The molecule has 1 saturated heterocycles. The van der Waals surface area contributed by atoms with Crippen molar-refractivity contribution in [3.8, 4) is 0 Å². The highest BCUT2D eigenvalue weighted by Gasteiger charge is 2.08. The molecule has 0 atom stereocenters. The van der Waals surface area contributed by atoms with Gasteiger partial charge in [-0.1, -0.05) is 6.42 Å². The van der Waals surface area contributed by atoms with Gasteiger partial charge in [0.2, 0.25) is 0 Å². The smallest absolute Gasteiger partial charge is 0.0107 e. The quantitative estimate of drug-likeness (QED) is 0.482. The lowest BCUT2D eigenvalue weighted by molar-refractivity contribution is 0.229. The third kappa shape index (κ3) is 6.84. The van der Waals surface area contributed by atoms with E-state index in [9.17, 15) is 0 Å². The highest BCUT2D eigenvalue weighted by Crippen LogP contribution is 2.06. The molecule has 15 heavy (non-hydrogen) atoms. The van der Waals surface area contributed by atoms with Crippen LogP contribution in [0.2, 0.25) is 0 Å². The monoisotopic (exact) mass is 214 g/mol. The van der Waals surface area contributed by atoms with E-state index in [1.54, 1.807) is 0 Å². The van der Waals surface area contributed by atoms with Crippen LogP contribution in [0.25, 0.3) is 0 Å². The zero-order valence-corrected chi connectivity index (χ0v) is 9.80. The van der Waals surface area contributed by atoms with Gasteiger partial charge in [0, 0.05) is 39.3 Å². The Bertz CT molecular complexity index is 135. The van der Waals surface area contributed by atoms with Crippen molar-refractivity contribution in [2.24, 2.45) is 5.73 Å². The third-order valence-electron chi connectivity index (χ3n) is 2.85. The van der Waals surface area contributed by atoms with Crippen LogP contribution < -0.4 is 16.4 Å². The first-order valence-electron chi connectivity index (χ1n) is 6.27. The molecule has 4 N–H and O–H groups in total. The Labute approximate surface area is 93.6 Å². The Morgan fingerprint density at radius 1 is 0.867 bits per heavy atom. The second-order valence-corrected chi connectivity index (χ2v) is 4.19. The van der Waals surface area contributed by atoms with Crippen LogP contribution in [0.15, 0.2) is 0 Å². The molecular formula is C11H26N4. The van der Waals surface area contributed by atoms with Gasteiger partial charge in [0.1, 0.15) is 0 Å². The maximum Gasteiger partial charge on any atom is 0.0107 e. The predicted octanol–water partition coefficient (Wildman–Crippen LogP) is -0.390. The van der Waals surface area contributed by atoms with E-state index in [4.69, 9.17) is 5.73 Å². The van der Waals surface area contributed by atoms with Crippen molar-refractivity contribution in [2.75, 3.05) is 52.4 Å². The van der Waals surface area contributed by atoms with E-state index in [0.717, 1.165) is 32.7 Å². The molecule has 0 aromatic carbocycles. The summed E-state index contributed by atoms with van der Waals surface area (Å²) in [6, 6.07) is 0. The van der Waals surface area contributed by atoms with Crippen molar-refractivity contribution in [2.45, 2.75) is 19.3 Å². The number of piperidine rings is 1. The molecular weight excluding hydrogens is 188 g/mol. The van der Waals surface area contributed by atoms with Gasteiger partial charge in [0.05, 0.1) is 0 Å². The standard InChI is InChI=1S/C11H26N4/c12-4-5-13-6-7-14-8-11-15-9-2-1-3-10-15/h13-14H,1-12H2. The number of rotatable bonds is 8. The van der Waals surface area contributed by atoms with Crippen LogP contribution in [0.5, 0.6) is 0 Å². The molecule has 4 heteroatoms. The molecule has 0 radical (unpaired) electrons. The average Bonchev–Trinajstić information content (AvgIpc) is 2.29. The Balaban J connectivity index is 1.79. The van der Waals surface area contributed by atoms with Crippen molar-refractivity contribution >= 4 is 0 Å². The molecule has 0 amide bonds. The largest absolute Gasteiger partial charge is 0.329 e. The van der Waals surface area contributed by atoms with Crippen molar-refractivity contribution in [3.63, 3.8) is 0 Å². The average molecular weight is 214 g/mol. The SMILES string of the molecule is NCCNCCNCCN1CCCCC1. The molecule has 0 aromatic heterocycles. The summed E-state index contributed by atoms with van der Waals surface area (Å²) in [6.07, 6.45) is 4.20. The third-order valence-corrected chi connectivity index (χ3v) is 2.85. The van der Waals surface area contributed by atoms with Crippen LogP contribution in [0.1, 0.15) is 19.3 Å². The summed E-state index contributed by atoms with van der Waals surface area (Å²) < 4.78 is 0. The molecule has 1 fully saturated rings. The number of nitrogens with two attached hydrogens (primary N) is 1. The zero-order valence-electron chi connectivity index (χ0n) is 9.80. The van der Waals surface area contributed by atoms with Crippen molar-refractivity contribution in [3.05, 3.63) is 0 Å². The van der Waals surface area contributed by atoms with Gasteiger partial charge in [-0.2, -0.15) is 0 Å². The van der Waals surface area contributed by atoms with Gasteiger partial charge in [-0.15, -0.1) is 0 Å². The normalized spacial score (nSPS) is 18.2. The van der Waals surface area contributed by atoms with Gasteiger partial charge in [-0.25, -0.2) is 0 Å². The molecule has 0 bridgehead atoms. The van der Waals surface area contributed by atoms with Crippen LogP contribution in [-0.2, 0) is 0 Å². The maximum atomic E-state index is 5.38. The fourth-order valence-corrected chi connectivity index (χ4v) is 1.95. The van der Waals surface area contributed by atoms with Crippen molar-refractivity contribution in [1.29, 1.82) is 0 Å². The highest BCUT2D eigenvalue weighted by molar-refractivity contribution is 4.65. The molecule has 0 aliphatic carbocycles. The fourth-order valence-electron chi connectivity index (χ4n) is 1.95. The highest BCUT2D eigenvalue weighted by atomic mass is 15.1. The number of nitrogens with one attached hydrogen (secondary N) is 2. The Morgan fingerprint density at radius 3 is 2.20 bits per heavy atom. The van der Waals surface area contributed by atoms with E-state index in [-0.39, 0.29) is 0 Å². The van der Waals surface area contributed by atoms with E-state index < -0.39 is 0 Å². The molecule has 90 valence electrons. The molecule has 4 nitrogen and oxygen atoms in total. The minimum atomic E-state index is 0.730. The Hall–Kier alpha value is -0.160. The molecule has 1 rings (SSSR count). The minimum absolute atomic E-state index is 0.730. The lowest BCUT2D eigenvalue weighted by Crippen LogP contribution is -2.38. The topological polar surface area (TPSA) is 53.3 Å². The summed E-state index contributed by atoms with van der Waals surface area (Å²) in [6.45, 7) is 8.65. The van der Waals surface area contributed by atoms with E-state index in [0.29, 0.717) is 0 Å². The Kier molecular flexibility index (Phi) is 7.83. The van der Waals surface area contributed by atoms with Crippen LogP contribution in [0, 0.1) is 0 Å². The molecule has 1 aliphatic heterocycles. The summed E-state index contributed by atoms with van der Waals surface area (Å²) in [4.78, 5) is 2.56. The van der Waals surface area contributed by atoms with Gasteiger partial charge in [0.25, 0.3) is 0 Å². The maximum absolute atomic E-state index is 5.38. The second-order valence-electron chi connectivity index (χ2n) is 4.19. The van der Waals surface area contributed by atoms with Crippen molar-refractivity contribution < 1.29 is 0 Å². The summed E-state index contributed by atoms with van der Waals surface area (Å²) in [7, 11) is 0. The van der Waals surface area contributed by atoms with E-state index >= 15 is 0 Å². The molecule has 0 saturated carbocycles. The van der Waals surface area contributed by atoms with Gasteiger partial charge in [-0.3, -0.25) is 0 Å². The summed E-state index contributed by atoms with van der Waals surface area (Å²) in [5.74, 6) is 0. The molecule has 0 spiro atoms. The fraction of sp³-hybridized carbons (Fsp3) is 1.00. The number of hydrogen-bond acceptors (Lipinski definition) is 4. The van der Waals surface area contributed by atoms with Gasteiger partial charge < -0.3 is 21.3 Å².